The predicted molar refractivity (Wildman–Crippen MR) is 125 cm³/mol. The van der Waals surface area contributed by atoms with E-state index in [1.54, 1.807) is 12.1 Å². The lowest BCUT2D eigenvalue weighted by Gasteiger charge is -2.28. The van der Waals surface area contributed by atoms with Crippen molar-refractivity contribution in [2.75, 3.05) is 18.0 Å². The zero-order valence-electron chi connectivity index (χ0n) is 18.0. The first kappa shape index (κ1) is 22.3. The van der Waals surface area contributed by atoms with E-state index >= 15 is 0 Å². The van der Waals surface area contributed by atoms with Crippen molar-refractivity contribution in [3.63, 3.8) is 0 Å². The van der Waals surface area contributed by atoms with Crippen LogP contribution in [0.25, 0.3) is 11.5 Å². The lowest BCUT2D eigenvalue weighted by molar-refractivity contribution is -0.384. The number of nitro benzene ring substituents is 1. The third-order valence-electron chi connectivity index (χ3n) is 5.49. The first-order chi connectivity index (χ1) is 15.4. The van der Waals surface area contributed by atoms with Crippen LogP contribution in [0.15, 0.2) is 51.5 Å². The highest BCUT2D eigenvalue weighted by Gasteiger charge is 2.27. The monoisotopic (exact) mass is 500 g/mol. The molecule has 1 saturated heterocycles. The standard InChI is InChI=1S/C23H25BrN4O4/c1-15(2)21(31-18-9-7-17(24)8-10-18)22-25-23(32-26-22)16-6-11-19(20(14-16)28(29)30)27-12-4-3-5-13-27/h6-11,14-15,21H,3-5,12-13H2,1-2H3. The Labute approximate surface area is 194 Å². The van der Waals surface area contributed by atoms with Gasteiger partial charge < -0.3 is 14.2 Å². The van der Waals surface area contributed by atoms with Gasteiger partial charge in [-0.15, -0.1) is 0 Å². The number of rotatable bonds is 7. The summed E-state index contributed by atoms with van der Waals surface area (Å²) >= 11 is 3.41. The Morgan fingerprint density at radius 3 is 2.50 bits per heavy atom. The van der Waals surface area contributed by atoms with E-state index in [9.17, 15) is 10.1 Å². The molecule has 2 aromatic carbocycles. The van der Waals surface area contributed by atoms with E-state index in [0.29, 0.717) is 22.8 Å². The largest absolute Gasteiger partial charge is 0.482 e. The molecule has 0 aliphatic carbocycles. The molecular weight excluding hydrogens is 476 g/mol. The van der Waals surface area contributed by atoms with Crippen molar-refractivity contribution in [1.29, 1.82) is 0 Å². The molecule has 2 heterocycles. The number of nitro groups is 1. The van der Waals surface area contributed by atoms with Gasteiger partial charge in [0.25, 0.3) is 11.6 Å². The van der Waals surface area contributed by atoms with Crippen LogP contribution >= 0.6 is 15.9 Å². The summed E-state index contributed by atoms with van der Waals surface area (Å²) in [6, 6.07) is 12.6. The third-order valence-corrected chi connectivity index (χ3v) is 6.02. The average molecular weight is 501 g/mol. The second kappa shape index (κ2) is 9.68. The molecule has 168 valence electrons. The first-order valence-electron chi connectivity index (χ1n) is 10.7. The molecule has 1 fully saturated rings. The predicted octanol–water partition coefficient (Wildman–Crippen LogP) is 6.17. The zero-order chi connectivity index (χ0) is 22.7. The van der Waals surface area contributed by atoms with Crippen molar-refractivity contribution in [2.45, 2.75) is 39.2 Å². The summed E-state index contributed by atoms with van der Waals surface area (Å²) < 4.78 is 12.5. The molecule has 4 rings (SSSR count). The fourth-order valence-corrected chi connectivity index (χ4v) is 4.08. The van der Waals surface area contributed by atoms with Crippen LogP contribution in [0.1, 0.15) is 45.0 Å². The number of hydrogen-bond acceptors (Lipinski definition) is 7. The van der Waals surface area contributed by atoms with Gasteiger partial charge in [0.2, 0.25) is 5.82 Å². The lowest BCUT2D eigenvalue weighted by atomic mass is 10.1. The Kier molecular flexibility index (Phi) is 6.74. The second-order valence-corrected chi connectivity index (χ2v) is 9.12. The van der Waals surface area contributed by atoms with Gasteiger partial charge in [-0.1, -0.05) is 34.9 Å². The van der Waals surface area contributed by atoms with E-state index in [0.717, 1.165) is 36.8 Å². The summed E-state index contributed by atoms with van der Waals surface area (Å²) in [4.78, 5) is 18.0. The van der Waals surface area contributed by atoms with Gasteiger partial charge in [-0.2, -0.15) is 4.98 Å². The minimum atomic E-state index is -0.420. The minimum absolute atomic E-state index is 0.0515. The Morgan fingerprint density at radius 1 is 1.12 bits per heavy atom. The van der Waals surface area contributed by atoms with E-state index < -0.39 is 6.10 Å². The molecule has 0 radical (unpaired) electrons. The fourth-order valence-electron chi connectivity index (χ4n) is 3.82. The molecule has 32 heavy (non-hydrogen) atoms. The van der Waals surface area contributed by atoms with Crippen LogP contribution in [0.3, 0.4) is 0 Å². The molecule has 8 nitrogen and oxygen atoms in total. The van der Waals surface area contributed by atoms with Gasteiger partial charge in [0.05, 0.1) is 4.92 Å². The summed E-state index contributed by atoms with van der Waals surface area (Å²) in [6.07, 6.45) is 2.82. The van der Waals surface area contributed by atoms with Crippen LogP contribution in [0, 0.1) is 16.0 Å². The highest BCUT2D eigenvalue weighted by atomic mass is 79.9. The smallest absolute Gasteiger partial charge is 0.293 e. The maximum Gasteiger partial charge on any atom is 0.293 e. The van der Waals surface area contributed by atoms with Crippen LogP contribution in [-0.4, -0.2) is 28.2 Å². The van der Waals surface area contributed by atoms with Gasteiger partial charge in [0.1, 0.15) is 11.4 Å². The Bertz CT molecular complexity index is 1080. The zero-order valence-corrected chi connectivity index (χ0v) is 19.6. The van der Waals surface area contributed by atoms with Crippen molar-refractivity contribution < 1.29 is 14.2 Å². The Balaban J connectivity index is 1.60. The molecule has 1 unspecified atom stereocenters. The van der Waals surface area contributed by atoms with Crippen molar-refractivity contribution in [2.24, 2.45) is 5.92 Å². The summed E-state index contributed by atoms with van der Waals surface area (Å²) in [5.74, 6) is 1.42. The lowest BCUT2D eigenvalue weighted by Crippen LogP contribution is -2.29. The SMILES string of the molecule is CC(C)C(Oc1ccc(Br)cc1)c1noc(-c2ccc(N3CCCCC3)c([N+](=O)[O-])c2)n1. The van der Waals surface area contributed by atoms with E-state index in [4.69, 9.17) is 9.26 Å². The summed E-state index contributed by atoms with van der Waals surface area (Å²) in [6.45, 7) is 5.68. The Morgan fingerprint density at radius 2 is 1.84 bits per heavy atom. The van der Waals surface area contributed by atoms with Crippen molar-refractivity contribution >= 4 is 27.3 Å². The Hall–Kier alpha value is -2.94. The van der Waals surface area contributed by atoms with Crippen LogP contribution in [0.5, 0.6) is 5.75 Å². The molecule has 3 aromatic rings. The number of aromatic nitrogens is 2. The van der Waals surface area contributed by atoms with Crippen LogP contribution in [-0.2, 0) is 0 Å². The normalized spacial score (nSPS) is 15.1. The number of halogens is 1. The molecule has 1 aromatic heterocycles. The molecule has 0 amide bonds. The van der Waals surface area contributed by atoms with Crippen LogP contribution < -0.4 is 9.64 Å². The van der Waals surface area contributed by atoms with Crippen molar-refractivity contribution in [1.82, 2.24) is 10.1 Å². The molecular formula is C23H25BrN4O4. The molecule has 0 bridgehead atoms. The van der Waals surface area contributed by atoms with Gasteiger partial charge in [0, 0.05) is 29.2 Å². The number of hydrogen-bond donors (Lipinski definition) is 0. The number of ether oxygens (including phenoxy) is 1. The number of anilines is 1. The average Bonchev–Trinajstić information content (AvgIpc) is 3.28. The van der Waals surface area contributed by atoms with Crippen LogP contribution in [0.2, 0.25) is 0 Å². The molecule has 0 saturated carbocycles. The molecule has 0 N–H and O–H groups in total. The van der Waals surface area contributed by atoms with E-state index in [2.05, 4.69) is 31.0 Å². The quantitative estimate of drug-likeness (QED) is 0.282. The number of piperidine rings is 1. The van der Waals surface area contributed by atoms with Gasteiger partial charge >= 0.3 is 0 Å². The highest BCUT2D eigenvalue weighted by molar-refractivity contribution is 9.10. The first-order valence-corrected chi connectivity index (χ1v) is 11.5. The van der Waals surface area contributed by atoms with Gasteiger partial charge in [-0.05, 0) is 61.6 Å². The van der Waals surface area contributed by atoms with E-state index in [1.807, 2.05) is 38.1 Å². The fraction of sp³-hybridized carbons (Fsp3) is 0.391. The second-order valence-electron chi connectivity index (χ2n) is 8.20. The van der Waals surface area contributed by atoms with Gasteiger partial charge in [-0.25, -0.2) is 0 Å². The topological polar surface area (TPSA) is 94.5 Å². The van der Waals surface area contributed by atoms with Crippen LogP contribution in [0.4, 0.5) is 11.4 Å². The van der Waals surface area contributed by atoms with Crippen molar-refractivity contribution in [3.05, 3.63) is 62.9 Å². The summed E-state index contributed by atoms with van der Waals surface area (Å²) in [5.41, 5.74) is 1.20. The molecule has 1 atom stereocenters. The van der Waals surface area contributed by atoms with Gasteiger partial charge in [0.15, 0.2) is 6.10 Å². The molecule has 1 aliphatic rings. The maximum atomic E-state index is 11.8. The molecule has 1 aliphatic heterocycles. The van der Waals surface area contributed by atoms with E-state index in [-0.39, 0.29) is 22.4 Å². The number of nitrogens with zero attached hydrogens (tertiary/aromatic N) is 4. The minimum Gasteiger partial charge on any atom is -0.482 e. The summed E-state index contributed by atoms with van der Waals surface area (Å²) in [7, 11) is 0. The maximum absolute atomic E-state index is 11.8. The van der Waals surface area contributed by atoms with Gasteiger partial charge in [-0.3, -0.25) is 10.1 Å². The number of benzene rings is 2. The van der Waals surface area contributed by atoms with Crippen molar-refractivity contribution in [3.8, 4) is 17.2 Å². The van der Waals surface area contributed by atoms with E-state index in [1.165, 1.54) is 6.07 Å². The third kappa shape index (κ3) is 4.93. The molecule has 0 spiro atoms. The highest BCUT2D eigenvalue weighted by Crippen LogP contribution is 2.35. The molecule has 9 heteroatoms. The summed E-state index contributed by atoms with van der Waals surface area (Å²) in [5, 5.41) is 15.9.